The average molecular weight is 242 g/mol. The molecule has 0 saturated carbocycles. The summed E-state index contributed by atoms with van der Waals surface area (Å²) >= 11 is 3.46. The summed E-state index contributed by atoms with van der Waals surface area (Å²) in [5.74, 6) is 0.937. The Kier molecular flexibility index (Phi) is 2.30. The fourth-order valence-electron chi connectivity index (χ4n) is 1.73. The topological polar surface area (TPSA) is 35.2 Å². The van der Waals surface area contributed by atoms with Crippen molar-refractivity contribution in [1.82, 2.24) is 0 Å². The van der Waals surface area contributed by atoms with Gasteiger partial charge in [-0.25, -0.2) is 0 Å². The maximum atomic E-state index is 5.95. The summed E-state index contributed by atoms with van der Waals surface area (Å²) in [6.45, 7) is 2.74. The van der Waals surface area contributed by atoms with E-state index in [4.69, 9.17) is 10.5 Å². The minimum Gasteiger partial charge on any atom is -0.490 e. The third-order valence-electron chi connectivity index (χ3n) is 2.40. The van der Waals surface area contributed by atoms with Crippen LogP contribution in [-0.4, -0.2) is 6.61 Å². The number of rotatable bonds is 1. The number of halogens is 1. The molecule has 1 aliphatic rings. The summed E-state index contributed by atoms with van der Waals surface area (Å²) in [5.41, 5.74) is 8.42. The van der Waals surface area contributed by atoms with E-state index >= 15 is 0 Å². The van der Waals surface area contributed by atoms with Crippen LogP contribution in [-0.2, 0) is 6.42 Å². The predicted molar refractivity (Wildman–Crippen MR) is 55.9 cm³/mol. The largest absolute Gasteiger partial charge is 0.490 e. The van der Waals surface area contributed by atoms with Gasteiger partial charge < -0.3 is 10.5 Å². The molecule has 70 valence electrons. The molecular weight excluding hydrogens is 230 g/mol. The van der Waals surface area contributed by atoms with Gasteiger partial charge in [-0.2, -0.15) is 0 Å². The number of aryl methyl sites for hydroxylation is 1. The molecule has 1 aliphatic heterocycles. The number of hydrogen-bond acceptors (Lipinski definition) is 2. The van der Waals surface area contributed by atoms with Crippen LogP contribution in [0.25, 0.3) is 0 Å². The van der Waals surface area contributed by atoms with Crippen LogP contribution in [0, 0.1) is 0 Å². The first-order valence-electron chi connectivity index (χ1n) is 4.43. The van der Waals surface area contributed by atoms with E-state index in [1.165, 1.54) is 11.1 Å². The van der Waals surface area contributed by atoms with Gasteiger partial charge in [0.15, 0.2) is 0 Å². The first-order chi connectivity index (χ1) is 6.24. The van der Waals surface area contributed by atoms with E-state index in [9.17, 15) is 0 Å². The molecule has 0 radical (unpaired) electrons. The molecule has 0 bridgehead atoms. The minimum absolute atomic E-state index is 0.0439. The number of ether oxygens (including phenoxy) is 1. The van der Waals surface area contributed by atoms with Crippen molar-refractivity contribution in [2.45, 2.75) is 19.4 Å². The van der Waals surface area contributed by atoms with Gasteiger partial charge in [-0.1, -0.05) is 13.0 Å². The number of fused-ring (bicyclic) bond motifs is 1. The smallest absolute Gasteiger partial charge is 0.138 e. The minimum atomic E-state index is 0.0439. The van der Waals surface area contributed by atoms with E-state index in [1.54, 1.807) is 0 Å². The molecule has 1 atom stereocenters. The molecule has 3 heteroatoms. The molecule has 1 aromatic rings. The second kappa shape index (κ2) is 3.31. The van der Waals surface area contributed by atoms with Gasteiger partial charge in [-0.3, -0.25) is 0 Å². The van der Waals surface area contributed by atoms with Crippen molar-refractivity contribution in [3.63, 3.8) is 0 Å². The van der Waals surface area contributed by atoms with Gasteiger partial charge in [0.1, 0.15) is 12.4 Å². The van der Waals surface area contributed by atoms with Crippen LogP contribution >= 0.6 is 15.9 Å². The van der Waals surface area contributed by atoms with Crippen LogP contribution in [0.15, 0.2) is 16.6 Å². The molecule has 0 saturated heterocycles. The van der Waals surface area contributed by atoms with Crippen LogP contribution in [0.3, 0.4) is 0 Å². The first kappa shape index (κ1) is 9.03. The van der Waals surface area contributed by atoms with Crippen LogP contribution in [0.2, 0.25) is 0 Å². The number of nitrogens with two attached hydrogens (primary N) is 1. The van der Waals surface area contributed by atoms with Gasteiger partial charge in [-0.05, 0) is 34.0 Å². The maximum Gasteiger partial charge on any atom is 0.138 e. The lowest BCUT2D eigenvalue weighted by Crippen LogP contribution is -2.12. The van der Waals surface area contributed by atoms with Gasteiger partial charge in [0.25, 0.3) is 0 Å². The highest BCUT2D eigenvalue weighted by atomic mass is 79.9. The number of benzene rings is 1. The molecule has 2 rings (SSSR count). The molecule has 0 amide bonds. The van der Waals surface area contributed by atoms with E-state index in [-0.39, 0.29) is 6.04 Å². The fourth-order valence-corrected chi connectivity index (χ4v) is 2.19. The van der Waals surface area contributed by atoms with E-state index in [2.05, 4.69) is 28.9 Å². The second-order valence-corrected chi connectivity index (χ2v) is 4.07. The Bertz CT molecular complexity index is 338. The molecule has 1 heterocycles. The Balaban J connectivity index is 2.60. The van der Waals surface area contributed by atoms with Crippen molar-refractivity contribution in [2.75, 3.05) is 6.61 Å². The lowest BCUT2D eigenvalue weighted by molar-refractivity contribution is 0.331. The standard InChI is InChI=1S/C10H12BrNO/c1-2-6-3-4-7(11)10-9(6)8(12)5-13-10/h3-4,8H,2,5,12H2,1H3/t8-/m0/s1. The normalized spacial score (nSPS) is 19.8. The molecule has 0 unspecified atom stereocenters. The molecule has 2 nitrogen and oxygen atoms in total. The molecule has 0 aromatic heterocycles. The van der Waals surface area contributed by atoms with Crippen molar-refractivity contribution < 1.29 is 4.74 Å². The highest BCUT2D eigenvalue weighted by Gasteiger charge is 2.25. The molecule has 0 aliphatic carbocycles. The Morgan fingerprint density at radius 1 is 1.62 bits per heavy atom. The summed E-state index contributed by atoms with van der Waals surface area (Å²) in [4.78, 5) is 0. The SMILES string of the molecule is CCc1ccc(Br)c2c1[C@@H](N)CO2. The zero-order chi connectivity index (χ0) is 9.42. The zero-order valence-corrected chi connectivity index (χ0v) is 9.10. The molecular formula is C10H12BrNO. The lowest BCUT2D eigenvalue weighted by Gasteiger charge is -2.08. The molecule has 0 spiro atoms. The zero-order valence-electron chi connectivity index (χ0n) is 7.51. The molecule has 0 fully saturated rings. The Morgan fingerprint density at radius 3 is 3.08 bits per heavy atom. The van der Waals surface area contributed by atoms with Crippen molar-refractivity contribution in [2.24, 2.45) is 5.73 Å². The van der Waals surface area contributed by atoms with Crippen LogP contribution in [0.1, 0.15) is 24.1 Å². The van der Waals surface area contributed by atoms with Gasteiger partial charge in [0.05, 0.1) is 10.5 Å². The highest BCUT2D eigenvalue weighted by molar-refractivity contribution is 9.10. The van der Waals surface area contributed by atoms with Crippen LogP contribution in [0.4, 0.5) is 0 Å². The third-order valence-corrected chi connectivity index (χ3v) is 3.02. The third kappa shape index (κ3) is 1.36. The van der Waals surface area contributed by atoms with Crippen molar-refractivity contribution in [3.05, 3.63) is 27.7 Å². The van der Waals surface area contributed by atoms with Crippen LogP contribution < -0.4 is 10.5 Å². The summed E-state index contributed by atoms with van der Waals surface area (Å²) in [7, 11) is 0. The summed E-state index contributed by atoms with van der Waals surface area (Å²) in [6.07, 6.45) is 1.01. The van der Waals surface area contributed by atoms with E-state index in [0.29, 0.717) is 6.61 Å². The summed E-state index contributed by atoms with van der Waals surface area (Å²) in [6, 6.07) is 4.18. The molecule has 13 heavy (non-hydrogen) atoms. The van der Waals surface area contributed by atoms with Gasteiger partial charge >= 0.3 is 0 Å². The molecule has 1 aromatic carbocycles. The average Bonchev–Trinajstić information content (AvgIpc) is 2.51. The van der Waals surface area contributed by atoms with Gasteiger partial charge in [0, 0.05) is 5.56 Å². The van der Waals surface area contributed by atoms with Crippen molar-refractivity contribution >= 4 is 15.9 Å². The summed E-state index contributed by atoms with van der Waals surface area (Å²) in [5, 5.41) is 0. The van der Waals surface area contributed by atoms with Gasteiger partial charge in [0.2, 0.25) is 0 Å². The quantitative estimate of drug-likeness (QED) is 0.820. The lowest BCUT2D eigenvalue weighted by atomic mass is 10.0. The van der Waals surface area contributed by atoms with E-state index in [0.717, 1.165) is 16.6 Å². The van der Waals surface area contributed by atoms with E-state index < -0.39 is 0 Å². The van der Waals surface area contributed by atoms with Gasteiger partial charge in [-0.15, -0.1) is 0 Å². The molecule has 2 N–H and O–H groups in total. The van der Waals surface area contributed by atoms with Crippen LogP contribution in [0.5, 0.6) is 5.75 Å². The van der Waals surface area contributed by atoms with E-state index in [1.807, 2.05) is 6.07 Å². The predicted octanol–water partition coefficient (Wildman–Crippen LogP) is 2.40. The Hall–Kier alpha value is -0.540. The Labute approximate surface area is 86.2 Å². The van der Waals surface area contributed by atoms with Crippen molar-refractivity contribution in [1.29, 1.82) is 0 Å². The highest BCUT2D eigenvalue weighted by Crippen LogP contribution is 2.39. The fraction of sp³-hybridized carbons (Fsp3) is 0.400. The van der Waals surface area contributed by atoms with Crippen molar-refractivity contribution in [3.8, 4) is 5.75 Å². The monoisotopic (exact) mass is 241 g/mol. The second-order valence-electron chi connectivity index (χ2n) is 3.22. The summed E-state index contributed by atoms with van der Waals surface area (Å²) < 4.78 is 6.52. The number of hydrogen-bond donors (Lipinski definition) is 1. The first-order valence-corrected chi connectivity index (χ1v) is 5.23. The Morgan fingerprint density at radius 2 is 2.38 bits per heavy atom. The maximum absolute atomic E-state index is 5.95.